The quantitative estimate of drug-likeness (QED) is 0.339. The van der Waals surface area contributed by atoms with Crippen molar-refractivity contribution in [2.75, 3.05) is 11.5 Å². The molecule has 0 aromatic carbocycles. The van der Waals surface area contributed by atoms with Crippen LogP contribution >= 0.6 is 23.5 Å². The van der Waals surface area contributed by atoms with Crippen LogP contribution < -0.4 is 5.73 Å². The zero-order valence-electron chi connectivity index (χ0n) is 15.1. The Morgan fingerprint density at radius 1 is 1.39 bits per heavy atom. The first-order valence-electron chi connectivity index (χ1n) is 8.45. The summed E-state index contributed by atoms with van der Waals surface area (Å²) in [6.07, 6.45) is 0. The number of carboxylic acids is 1. The Kier molecular flexibility index (Phi) is 4.81. The van der Waals surface area contributed by atoms with Crippen LogP contribution in [0.15, 0.2) is 16.3 Å². The minimum Gasteiger partial charge on any atom is -0.477 e. The molecule has 2 aliphatic rings. The third-order valence-corrected chi connectivity index (χ3v) is 7.38. The van der Waals surface area contributed by atoms with E-state index < -0.39 is 12.0 Å². The molecule has 2 aromatic heterocycles. The molecule has 148 valence electrons. The monoisotopic (exact) mass is 422 g/mol. The van der Waals surface area contributed by atoms with Gasteiger partial charge in [-0.25, -0.2) is 9.78 Å². The number of hydrogen-bond donors (Lipinski definition) is 3. The number of carbonyl (C=O) groups excluding carboxylic acids is 1. The molecule has 1 fully saturated rings. The number of nitrogens with two attached hydrogens (primary N) is 1. The number of aliphatic carboxylic acids is 1. The van der Waals surface area contributed by atoms with E-state index in [0.29, 0.717) is 22.9 Å². The highest BCUT2D eigenvalue weighted by Crippen LogP contribution is 2.41. The summed E-state index contributed by atoms with van der Waals surface area (Å²) in [5, 5.41) is 23.7. The summed E-state index contributed by atoms with van der Waals surface area (Å²) in [7, 11) is 0. The second-order valence-electron chi connectivity index (χ2n) is 6.51. The van der Waals surface area contributed by atoms with E-state index in [9.17, 15) is 19.8 Å². The lowest BCUT2D eigenvalue weighted by molar-refractivity contribution is -0.147. The number of thioether (sulfide) groups is 2. The molecule has 4 rings (SSSR count). The van der Waals surface area contributed by atoms with E-state index in [1.807, 2.05) is 13.8 Å². The molecule has 0 bridgehead atoms. The van der Waals surface area contributed by atoms with Crippen LogP contribution in [0.4, 0.5) is 0 Å². The maximum atomic E-state index is 12.1. The molecule has 0 radical (unpaired) electrons. The lowest BCUT2D eigenvalue weighted by atomic mass is 10.0. The van der Waals surface area contributed by atoms with Gasteiger partial charge in [0.25, 0.3) is 5.78 Å². The Morgan fingerprint density at radius 3 is 2.82 bits per heavy atom. The van der Waals surface area contributed by atoms with Crippen LogP contribution in [0.2, 0.25) is 0 Å². The van der Waals surface area contributed by atoms with Crippen molar-refractivity contribution in [3.8, 4) is 0 Å². The summed E-state index contributed by atoms with van der Waals surface area (Å²) in [6, 6.07) is -0.648. The van der Waals surface area contributed by atoms with Gasteiger partial charge in [0.05, 0.1) is 0 Å². The van der Waals surface area contributed by atoms with Crippen molar-refractivity contribution >= 4 is 41.2 Å². The highest BCUT2D eigenvalue weighted by Gasteiger charge is 2.51. The summed E-state index contributed by atoms with van der Waals surface area (Å²) in [5.41, 5.74) is 8.14. The third kappa shape index (κ3) is 2.87. The lowest BCUT2D eigenvalue weighted by Gasteiger charge is -2.48. The molecule has 4 N–H and O–H groups in total. The van der Waals surface area contributed by atoms with Crippen molar-refractivity contribution in [3.05, 3.63) is 28.4 Å². The van der Waals surface area contributed by atoms with Gasteiger partial charge in [-0.1, -0.05) is 0 Å². The summed E-state index contributed by atoms with van der Waals surface area (Å²) < 4.78 is 1.56. The lowest BCUT2D eigenvalue weighted by Crippen LogP contribution is -2.68. The van der Waals surface area contributed by atoms with Gasteiger partial charge in [0.15, 0.2) is 5.82 Å². The number of rotatable bonds is 5. The van der Waals surface area contributed by atoms with Gasteiger partial charge in [-0.3, -0.25) is 9.69 Å². The molecule has 0 spiro atoms. The van der Waals surface area contributed by atoms with Crippen molar-refractivity contribution in [2.45, 2.75) is 36.9 Å². The summed E-state index contributed by atoms with van der Waals surface area (Å²) in [5.74, 6) is 0.0118. The van der Waals surface area contributed by atoms with Crippen molar-refractivity contribution in [1.29, 1.82) is 0 Å². The maximum Gasteiger partial charge on any atom is 0.352 e. The average Bonchev–Trinajstić information content (AvgIpc) is 3.09. The van der Waals surface area contributed by atoms with E-state index in [1.54, 1.807) is 4.52 Å². The molecule has 1 unspecified atom stereocenters. The molecule has 1 saturated heterocycles. The first-order chi connectivity index (χ1) is 13.3. The molecule has 10 nitrogen and oxygen atoms in total. The van der Waals surface area contributed by atoms with Gasteiger partial charge in [0, 0.05) is 22.8 Å². The number of aromatic nitrogens is 4. The number of β-lactam (4-membered cyclic amide) rings is 1. The minimum atomic E-state index is -1.13. The molecule has 0 saturated carbocycles. The van der Waals surface area contributed by atoms with Crippen LogP contribution in [0.1, 0.15) is 17.1 Å². The van der Waals surface area contributed by atoms with E-state index >= 15 is 0 Å². The normalized spacial score (nSPS) is 21.9. The fourth-order valence-electron chi connectivity index (χ4n) is 3.18. The smallest absolute Gasteiger partial charge is 0.352 e. The molecule has 2 aromatic rings. The number of nitrogens with zero attached hydrogens (tertiary/aromatic N) is 5. The third-order valence-electron chi connectivity index (χ3n) is 4.77. The van der Waals surface area contributed by atoms with Crippen LogP contribution in [-0.4, -0.2) is 69.5 Å². The standard InChI is InChI=1S/C16H18N6O4S2/c1-6-7(2)18-16-19-9(3-23)20-22(16)13(6)27-4-8-5-28-14-10(17)12(24)21(14)11(8)15(25)26/h10,14,23H,3-5,17H2,1-2H3,(H,25,26)/t10?,14-/m0/s1. The predicted molar refractivity (Wildman–Crippen MR) is 103 cm³/mol. The van der Waals surface area contributed by atoms with Crippen molar-refractivity contribution < 1.29 is 19.8 Å². The van der Waals surface area contributed by atoms with Crippen LogP contribution in [0.25, 0.3) is 5.78 Å². The minimum absolute atomic E-state index is 0.0252. The average molecular weight is 422 g/mol. The van der Waals surface area contributed by atoms with E-state index in [2.05, 4.69) is 15.1 Å². The Hall–Kier alpha value is -2.15. The number of amides is 1. The number of aliphatic hydroxyl groups excluding tert-OH is 1. The van der Waals surface area contributed by atoms with Crippen molar-refractivity contribution in [3.63, 3.8) is 0 Å². The summed E-state index contributed by atoms with van der Waals surface area (Å²) in [4.78, 5) is 33.7. The molecule has 0 aliphatic carbocycles. The molecule has 4 heterocycles. The van der Waals surface area contributed by atoms with E-state index in [-0.39, 0.29) is 29.4 Å². The summed E-state index contributed by atoms with van der Waals surface area (Å²) >= 11 is 2.88. The van der Waals surface area contributed by atoms with Crippen molar-refractivity contribution in [2.24, 2.45) is 5.73 Å². The molecular weight excluding hydrogens is 404 g/mol. The van der Waals surface area contributed by atoms with Crippen LogP contribution in [0, 0.1) is 13.8 Å². The molecule has 2 atom stereocenters. The van der Waals surface area contributed by atoms with Gasteiger partial charge < -0.3 is 15.9 Å². The fraction of sp³-hybridized carbons (Fsp3) is 0.438. The Morgan fingerprint density at radius 2 is 2.14 bits per heavy atom. The highest BCUT2D eigenvalue weighted by molar-refractivity contribution is 8.01. The molecule has 12 heteroatoms. The maximum absolute atomic E-state index is 12.1. The van der Waals surface area contributed by atoms with Crippen LogP contribution in [-0.2, 0) is 16.2 Å². The van der Waals surface area contributed by atoms with Gasteiger partial charge in [0.2, 0.25) is 5.91 Å². The Labute approximate surface area is 168 Å². The molecule has 1 amide bonds. The number of aryl methyl sites for hydroxylation is 1. The topological polar surface area (TPSA) is 147 Å². The zero-order chi connectivity index (χ0) is 20.2. The number of carboxylic acid groups (broad SMARTS) is 1. The zero-order valence-corrected chi connectivity index (χ0v) is 16.7. The van der Waals surface area contributed by atoms with E-state index in [1.165, 1.54) is 28.4 Å². The largest absolute Gasteiger partial charge is 0.477 e. The SMILES string of the molecule is Cc1nc2nc(CO)nn2c(SCC2=C(C(=O)O)N3C(=O)C(N)[C@@H]3SC2)c1C. The van der Waals surface area contributed by atoms with Crippen molar-refractivity contribution in [1.82, 2.24) is 24.5 Å². The molecule has 28 heavy (non-hydrogen) atoms. The Bertz CT molecular complexity index is 1040. The number of fused-ring (bicyclic) bond motifs is 2. The van der Waals surface area contributed by atoms with Gasteiger partial charge in [-0.15, -0.1) is 28.6 Å². The number of carbonyl (C=O) groups is 2. The van der Waals surface area contributed by atoms with E-state index in [4.69, 9.17) is 5.73 Å². The first kappa shape index (κ1) is 19.2. The van der Waals surface area contributed by atoms with Crippen LogP contribution in [0.3, 0.4) is 0 Å². The highest BCUT2D eigenvalue weighted by atomic mass is 32.2. The summed E-state index contributed by atoms with van der Waals surface area (Å²) in [6.45, 7) is 3.46. The molecule has 2 aliphatic heterocycles. The Balaban J connectivity index is 1.69. The number of aliphatic hydroxyl groups is 1. The van der Waals surface area contributed by atoms with Gasteiger partial charge in [0.1, 0.15) is 28.7 Å². The van der Waals surface area contributed by atoms with Crippen LogP contribution in [0.5, 0.6) is 0 Å². The van der Waals surface area contributed by atoms with Gasteiger partial charge in [-0.05, 0) is 19.4 Å². The van der Waals surface area contributed by atoms with Gasteiger partial charge in [-0.2, -0.15) is 9.50 Å². The second-order valence-corrected chi connectivity index (χ2v) is 8.58. The van der Waals surface area contributed by atoms with E-state index in [0.717, 1.165) is 16.3 Å². The predicted octanol–water partition coefficient (Wildman–Crippen LogP) is -0.0934. The fourth-order valence-corrected chi connectivity index (χ4v) is 5.77. The number of hydrogen-bond acceptors (Lipinski definition) is 9. The second kappa shape index (κ2) is 7.03. The molecular formula is C16H18N6O4S2. The van der Waals surface area contributed by atoms with Gasteiger partial charge >= 0.3 is 5.97 Å². The first-order valence-corrected chi connectivity index (χ1v) is 10.5.